The molecule has 1 fully saturated rings. The third kappa shape index (κ3) is 3.94. The van der Waals surface area contributed by atoms with Crippen LogP contribution < -0.4 is 5.32 Å². The molecule has 29 heavy (non-hydrogen) atoms. The quantitative estimate of drug-likeness (QED) is 0.538. The molecule has 1 aliphatic heterocycles. The minimum Gasteiger partial charge on any atom is -0.345 e. The molecule has 1 aromatic carbocycles. The summed E-state index contributed by atoms with van der Waals surface area (Å²) in [7, 11) is 0. The highest BCUT2D eigenvalue weighted by Crippen LogP contribution is 2.34. The zero-order chi connectivity index (χ0) is 20.4. The average Bonchev–Trinajstić information content (AvgIpc) is 3.27. The van der Waals surface area contributed by atoms with Crippen LogP contribution in [0.25, 0.3) is 11.0 Å². The smallest absolute Gasteiger partial charge is 0.240 e. The van der Waals surface area contributed by atoms with Gasteiger partial charge in [-0.05, 0) is 43.4 Å². The van der Waals surface area contributed by atoms with Crippen molar-refractivity contribution in [3.63, 3.8) is 0 Å². The van der Waals surface area contributed by atoms with Gasteiger partial charge in [0.15, 0.2) is 0 Å². The van der Waals surface area contributed by atoms with E-state index in [0.717, 1.165) is 21.7 Å². The number of hydrogen-bond acceptors (Lipinski definition) is 5. The zero-order valence-corrected chi connectivity index (χ0v) is 17.1. The summed E-state index contributed by atoms with van der Waals surface area (Å²) in [6, 6.07) is 7.40. The number of allylic oxidation sites excluding steroid dienone is 2. The van der Waals surface area contributed by atoms with Crippen molar-refractivity contribution in [2.45, 2.75) is 25.3 Å². The van der Waals surface area contributed by atoms with Crippen LogP contribution in [-0.2, 0) is 14.4 Å². The number of H-pyrrole nitrogens is 1. The summed E-state index contributed by atoms with van der Waals surface area (Å²) in [5.74, 6) is 0.0912. The van der Waals surface area contributed by atoms with E-state index in [-0.39, 0.29) is 42.1 Å². The van der Waals surface area contributed by atoms with Gasteiger partial charge in [-0.2, -0.15) is 11.8 Å². The van der Waals surface area contributed by atoms with Crippen LogP contribution in [0.1, 0.15) is 31.1 Å². The second kappa shape index (κ2) is 8.41. The topological polar surface area (TPSA) is 95.2 Å². The molecule has 0 spiro atoms. The highest BCUT2D eigenvalue weighted by atomic mass is 32.2. The van der Waals surface area contributed by atoms with Crippen molar-refractivity contribution in [1.29, 1.82) is 0 Å². The number of imide groups is 1. The number of imidazole rings is 1. The van der Waals surface area contributed by atoms with Crippen LogP contribution in [0.4, 0.5) is 0 Å². The molecule has 8 heteroatoms. The number of likely N-dealkylation sites (tertiary alicyclic amines) is 1. The summed E-state index contributed by atoms with van der Waals surface area (Å²) in [5.41, 5.74) is 1.75. The predicted octanol–water partition coefficient (Wildman–Crippen LogP) is 2.42. The number of nitrogens with one attached hydrogen (secondary N) is 2. The molecule has 2 heterocycles. The van der Waals surface area contributed by atoms with Gasteiger partial charge in [0.25, 0.3) is 0 Å². The molecule has 152 valence electrons. The molecular formula is C21H24N4O3S. The van der Waals surface area contributed by atoms with Crippen LogP contribution in [0.3, 0.4) is 0 Å². The standard InChI is InChI=1S/C21H24N4O3S/c1-29-11-10-17(19-23-15-8-4-5-9-16(15)24-19)22-18(26)12-25-20(27)13-6-2-3-7-14(13)21(25)28/h2-5,8-9,13-14,17H,6-7,10-12H2,1H3,(H,22,26)(H,23,24)/t13-,14+,17-/m0/s1. The Kier molecular flexibility index (Phi) is 5.71. The molecule has 2 aromatic rings. The minimum atomic E-state index is -0.343. The first-order chi connectivity index (χ1) is 14.1. The third-order valence-electron chi connectivity index (χ3n) is 5.58. The number of benzene rings is 1. The van der Waals surface area contributed by atoms with Gasteiger partial charge in [0.1, 0.15) is 12.4 Å². The number of thioether (sulfide) groups is 1. The van der Waals surface area contributed by atoms with Crippen LogP contribution in [0.2, 0.25) is 0 Å². The zero-order valence-electron chi connectivity index (χ0n) is 16.3. The molecular weight excluding hydrogens is 388 g/mol. The summed E-state index contributed by atoms with van der Waals surface area (Å²) < 4.78 is 0. The van der Waals surface area contributed by atoms with E-state index >= 15 is 0 Å². The Morgan fingerprint density at radius 2 is 1.93 bits per heavy atom. The summed E-state index contributed by atoms with van der Waals surface area (Å²) in [5, 5.41) is 2.97. The Morgan fingerprint density at radius 1 is 1.24 bits per heavy atom. The molecule has 1 aromatic heterocycles. The number of fused-ring (bicyclic) bond motifs is 2. The Morgan fingerprint density at radius 3 is 2.59 bits per heavy atom. The Bertz CT molecular complexity index is 911. The number of aromatic amines is 1. The van der Waals surface area contributed by atoms with Gasteiger partial charge in [-0.25, -0.2) is 4.98 Å². The Labute approximate surface area is 173 Å². The lowest BCUT2D eigenvalue weighted by atomic mass is 9.85. The summed E-state index contributed by atoms with van der Waals surface area (Å²) in [4.78, 5) is 46.9. The number of rotatable bonds is 7. The van der Waals surface area contributed by atoms with Crippen molar-refractivity contribution in [2.24, 2.45) is 11.8 Å². The SMILES string of the molecule is CSCC[C@H](NC(=O)CN1C(=O)[C@H]2CC=CC[C@H]2C1=O)c1nc2ccccc2[nH]1. The molecule has 0 saturated carbocycles. The first-order valence-corrected chi connectivity index (χ1v) is 11.2. The Hall–Kier alpha value is -2.61. The fourth-order valence-corrected chi connectivity index (χ4v) is 4.53. The number of para-hydroxylation sites is 2. The maximum absolute atomic E-state index is 12.7. The van der Waals surface area contributed by atoms with Gasteiger partial charge in [0.05, 0.1) is 28.9 Å². The maximum atomic E-state index is 12.7. The lowest BCUT2D eigenvalue weighted by Crippen LogP contribution is -2.42. The minimum absolute atomic E-state index is 0.232. The average molecular weight is 413 g/mol. The van der Waals surface area contributed by atoms with Gasteiger partial charge in [0, 0.05) is 0 Å². The highest BCUT2D eigenvalue weighted by Gasteiger charge is 2.47. The second-order valence-corrected chi connectivity index (χ2v) is 8.44. The highest BCUT2D eigenvalue weighted by molar-refractivity contribution is 7.98. The number of nitrogens with zero attached hydrogens (tertiary/aromatic N) is 2. The van der Waals surface area contributed by atoms with Gasteiger partial charge in [-0.15, -0.1) is 0 Å². The monoisotopic (exact) mass is 412 g/mol. The maximum Gasteiger partial charge on any atom is 0.240 e. The number of hydrogen-bond donors (Lipinski definition) is 2. The van der Waals surface area contributed by atoms with Crippen LogP contribution in [0.15, 0.2) is 36.4 Å². The van der Waals surface area contributed by atoms with Crippen molar-refractivity contribution in [3.8, 4) is 0 Å². The van der Waals surface area contributed by atoms with E-state index < -0.39 is 0 Å². The van der Waals surface area contributed by atoms with E-state index in [4.69, 9.17) is 0 Å². The summed E-state index contributed by atoms with van der Waals surface area (Å²) in [6.07, 6.45) is 7.73. The molecule has 1 aliphatic carbocycles. The van der Waals surface area contributed by atoms with E-state index in [9.17, 15) is 14.4 Å². The number of carbonyl (C=O) groups is 3. The molecule has 0 bridgehead atoms. The largest absolute Gasteiger partial charge is 0.345 e. The first-order valence-electron chi connectivity index (χ1n) is 9.81. The first kappa shape index (κ1) is 19.7. The normalized spacial score (nSPS) is 22.2. The van der Waals surface area contributed by atoms with E-state index in [1.165, 1.54) is 0 Å². The van der Waals surface area contributed by atoms with Crippen LogP contribution >= 0.6 is 11.8 Å². The van der Waals surface area contributed by atoms with E-state index in [1.807, 2.05) is 42.7 Å². The van der Waals surface area contributed by atoms with Crippen LogP contribution in [0, 0.1) is 11.8 Å². The fourth-order valence-electron chi connectivity index (χ4n) is 4.06. The third-order valence-corrected chi connectivity index (χ3v) is 6.23. The second-order valence-electron chi connectivity index (χ2n) is 7.46. The van der Waals surface area contributed by atoms with E-state index in [1.54, 1.807) is 11.8 Å². The molecule has 4 rings (SSSR count). The number of aromatic nitrogens is 2. The van der Waals surface area contributed by atoms with E-state index in [2.05, 4.69) is 15.3 Å². The molecule has 3 amide bonds. The van der Waals surface area contributed by atoms with Gasteiger partial charge in [0.2, 0.25) is 17.7 Å². The fraction of sp³-hybridized carbons (Fsp3) is 0.429. The molecule has 0 radical (unpaired) electrons. The van der Waals surface area contributed by atoms with Crippen molar-refractivity contribution in [2.75, 3.05) is 18.6 Å². The van der Waals surface area contributed by atoms with Gasteiger partial charge in [-0.1, -0.05) is 24.3 Å². The molecule has 7 nitrogen and oxygen atoms in total. The molecule has 1 saturated heterocycles. The lowest BCUT2D eigenvalue weighted by molar-refractivity contribution is -0.143. The van der Waals surface area contributed by atoms with Crippen molar-refractivity contribution < 1.29 is 14.4 Å². The number of amides is 3. The number of carbonyl (C=O) groups excluding carboxylic acids is 3. The Balaban J connectivity index is 1.47. The molecule has 3 atom stereocenters. The van der Waals surface area contributed by atoms with Crippen molar-refractivity contribution in [3.05, 3.63) is 42.2 Å². The van der Waals surface area contributed by atoms with Gasteiger partial charge < -0.3 is 10.3 Å². The molecule has 0 unspecified atom stereocenters. The van der Waals surface area contributed by atoms with Crippen molar-refractivity contribution >= 4 is 40.5 Å². The lowest BCUT2D eigenvalue weighted by Gasteiger charge is -2.19. The van der Waals surface area contributed by atoms with E-state index in [0.29, 0.717) is 25.1 Å². The van der Waals surface area contributed by atoms with Gasteiger partial charge in [-0.3, -0.25) is 19.3 Å². The predicted molar refractivity (Wildman–Crippen MR) is 112 cm³/mol. The molecule has 2 N–H and O–H groups in total. The summed E-state index contributed by atoms with van der Waals surface area (Å²) >= 11 is 1.69. The summed E-state index contributed by atoms with van der Waals surface area (Å²) in [6.45, 7) is -0.235. The van der Waals surface area contributed by atoms with Gasteiger partial charge >= 0.3 is 0 Å². The van der Waals surface area contributed by atoms with Crippen LogP contribution in [-0.4, -0.2) is 51.1 Å². The van der Waals surface area contributed by atoms with Crippen molar-refractivity contribution in [1.82, 2.24) is 20.2 Å². The van der Waals surface area contributed by atoms with Crippen LogP contribution in [0.5, 0.6) is 0 Å². The molecule has 2 aliphatic rings.